The van der Waals surface area contributed by atoms with Crippen LogP contribution in [0, 0.1) is 13.8 Å². The predicted molar refractivity (Wildman–Crippen MR) is 90.9 cm³/mol. The van der Waals surface area contributed by atoms with Gasteiger partial charge in [-0.2, -0.15) is 0 Å². The van der Waals surface area contributed by atoms with E-state index < -0.39 is 5.25 Å². The summed E-state index contributed by atoms with van der Waals surface area (Å²) in [4.78, 5) is 30.7. The van der Waals surface area contributed by atoms with Crippen LogP contribution in [0.5, 0.6) is 0 Å². The quantitative estimate of drug-likeness (QED) is 0.363. The molecule has 0 bridgehead atoms. The molecule has 0 saturated heterocycles. The van der Waals surface area contributed by atoms with Crippen LogP contribution < -0.4 is 5.56 Å². The van der Waals surface area contributed by atoms with E-state index in [1.165, 1.54) is 30.2 Å². The highest BCUT2D eigenvalue weighted by molar-refractivity contribution is 8.00. The molecule has 0 aliphatic rings. The van der Waals surface area contributed by atoms with Crippen LogP contribution in [0.15, 0.2) is 22.6 Å². The van der Waals surface area contributed by atoms with Gasteiger partial charge in [-0.15, -0.1) is 17.9 Å². The van der Waals surface area contributed by atoms with E-state index in [4.69, 9.17) is 4.74 Å². The molecule has 0 spiro atoms. The molecule has 118 valence electrons. The number of thioether (sulfide) groups is 1. The Bertz CT molecular complexity index is 792. The summed E-state index contributed by atoms with van der Waals surface area (Å²) in [6.45, 7) is 9.68. The fourth-order valence-corrected chi connectivity index (χ4v) is 4.08. The molecule has 2 heterocycles. The third kappa shape index (κ3) is 2.96. The second-order valence-corrected chi connectivity index (χ2v) is 7.36. The van der Waals surface area contributed by atoms with Crippen molar-refractivity contribution in [3.05, 3.63) is 33.4 Å². The molecular weight excluding hydrogens is 320 g/mol. The highest BCUT2D eigenvalue weighted by Gasteiger charge is 2.21. The van der Waals surface area contributed by atoms with Gasteiger partial charge in [-0.3, -0.25) is 14.2 Å². The average molecular weight is 338 g/mol. The van der Waals surface area contributed by atoms with Crippen LogP contribution in [0.3, 0.4) is 0 Å². The molecule has 0 aliphatic carbocycles. The Hall–Kier alpha value is -1.60. The number of hydrogen-bond donors (Lipinski definition) is 0. The Balaban J connectivity index is 2.62. The number of carbonyl (C=O) groups is 1. The minimum absolute atomic E-state index is 0.0914. The lowest BCUT2D eigenvalue weighted by Crippen LogP contribution is -2.24. The van der Waals surface area contributed by atoms with E-state index >= 15 is 0 Å². The molecule has 0 amide bonds. The van der Waals surface area contributed by atoms with Crippen molar-refractivity contribution < 1.29 is 9.53 Å². The summed E-state index contributed by atoms with van der Waals surface area (Å²) in [5.74, 6) is -0.344. The zero-order valence-corrected chi connectivity index (χ0v) is 14.6. The van der Waals surface area contributed by atoms with Gasteiger partial charge in [0.2, 0.25) is 0 Å². The van der Waals surface area contributed by atoms with Gasteiger partial charge >= 0.3 is 5.97 Å². The molecule has 5 nitrogen and oxygen atoms in total. The summed E-state index contributed by atoms with van der Waals surface area (Å²) >= 11 is 2.72. The molecule has 2 rings (SSSR count). The van der Waals surface area contributed by atoms with Gasteiger partial charge in [-0.1, -0.05) is 17.8 Å². The number of fused-ring (bicyclic) bond motifs is 1. The lowest BCUT2D eigenvalue weighted by molar-refractivity contribution is -0.139. The van der Waals surface area contributed by atoms with Crippen LogP contribution in [0.2, 0.25) is 0 Å². The standard InChI is InChI=1S/C15H18N2O3S2/c1-6-7-17-13(18)11-8(2)9(3)21-12(11)16-15(17)22-10(4)14(19)20-5/h6,10H,1,7H2,2-5H3/t10-/m1/s1. The molecule has 2 aromatic rings. The second-order valence-electron chi connectivity index (χ2n) is 4.85. The summed E-state index contributed by atoms with van der Waals surface area (Å²) in [5, 5.41) is 0.726. The largest absolute Gasteiger partial charge is 0.468 e. The van der Waals surface area contributed by atoms with Crippen molar-refractivity contribution >= 4 is 39.3 Å². The number of carbonyl (C=O) groups excluding carboxylic acids is 1. The van der Waals surface area contributed by atoms with E-state index in [0.717, 1.165) is 10.4 Å². The SMILES string of the molecule is C=CCn1c(S[C@H](C)C(=O)OC)nc2sc(C)c(C)c2c1=O. The third-order valence-corrected chi connectivity index (χ3v) is 5.55. The van der Waals surface area contributed by atoms with Crippen LogP contribution in [0.25, 0.3) is 10.2 Å². The van der Waals surface area contributed by atoms with Crippen molar-refractivity contribution in [2.24, 2.45) is 0 Å². The number of esters is 1. The molecule has 0 aliphatic heterocycles. The number of nitrogens with zero attached hydrogens (tertiary/aromatic N) is 2. The molecule has 0 fully saturated rings. The number of aryl methyl sites for hydroxylation is 2. The maximum absolute atomic E-state index is 12.7. The number of methoxy groups -OCH3 is 1. The van der Waals surface area contributed by atoms with Gasteiger partial charge in [0, 0.05) is 11.4 Å². The summed E-state index contributed by atoms with van der Waals surface area (Å²) < 4.78 is 6.29. The van der Waals surface area contributed by atoms with Crippen LogP contribution >= 0.6 is 23.1 Å². The summed E-state index contributed by atoms with van der Waals surface area (Å²) in [5.41, 5.74) is 0.874. The van der Waals surface area contributed by atoms with Crippen LogP contribution in [-0.2, 0) is 16.1 Å². The van der Waals surface area contributed by atoms with Crippen molar-refractivity contribution in [1.82, 2.24) is 9.55 Å². The molecule has 7 heteroatoms. The molecule has 22 heavy (non-hydrogen) atoms. The third-order valence-electron chi connectivity index (χ3n) is 3.38. The summed E-state index contributed by atoms with van der Waals surface area (Å²) in [7, 11) is 1.35. The first-order valence-electron chi connectivity index (χ1n) is 6.76. The number of thiophene rings is 1. The lowest BCUT2D eigenvalue weighted by atomic mass is 10.2. The highest BCUT2D eigenvalue weighted by atomic mass is 32.2. The Morgan fingerprint density at radius 1 is 1.55 bits per heavy atom. The molecule has 2 aromatic heterocycles. The molecular formula is C15H18N2O3S2. The molecule has 1 atom stereocenters. The molecule has 0 saturated carbocycles. The van der Waals surface area contributed by atoms with Crippen molar-refractivity contribution in [3.8, 4) is 0 Å². The van der Waals surface area contributed by atoms with Crippen molar-refractivity contribution in [2.45, 2.75) is 37.7 Å². The number of allylic oxidation sites excluding steroid dienone is 1. The smallest absolute Gasteiger partial charge is 0.318 e. The van der Waals surface area contributed by atoms with Gasteiger partial charge in [0.1, 0.15) is 10.1 Å². The number of ether oxygens (including phenoxy) is 1. The van der Waals surface area contributed by atoms with Crippen molar-refractivity contribution in [1.29, 1.82) is 0 Å². The number of aromatic nitrogens is 2. The predicted octanol–water partition coefficient (Wildman–Crippen LogP) is 2.91. The van der Waals surface area contributed by atoms with Crippen molar-refractivity contribution in [2.75, 3.05) is 7.11 Å². The first-order chi connectivity index (χ1) is 10.4. The zero-order valence-electron chi connectivity index (χ0n) is 13.0. The Kier molecular flexibility index (Phi) is 5.08. The summed E-state index contributed by atoms with van der Waals surface area (Å²) in [6, 6.07) is 0. The van der Waals surface area contributed by atoms with Gasteiger partial charge in [-0.05, 0) is 26.3 Å². The Morgan fingerprint density at radius 3 is 2.82 bits per heavy atom. The van der Waals surface area contributed by atoms with Gasteiger partial charge in [-0.25, -0.2) is 4.98 Å². The van der Waals surface area contributed by atoms with E-state index in [1.54, 1.807) is 17.6 Å². The van der Waals surface area contributed by atoms with Gasteiger partial charge in [0.05, 0.1) is 12.5 Å². The number of rotatable bonds is 5. The normalized spacial score (nSPS) is 12.4. The van der Waals surface area contributed by atoms with Crippen LogP contribution in [0.1, 0.15) is 17.4 Å². The molecule has 0 N–H and O–H groups in total. The first kappa shape index (κ1) is 16.8. The maximum atomic E-state index is 12.7. The van der Waals surface area contributed by atoms with Crippen LogP contribution in [0.4, 0.5) is 0 Å². The maximum Gasteiger partial charge on any atom is 0.318 e. The van der Waals surface area contributed by atoms with E-state index in [2.05, 4.69) is 11.6 Å². The number of hydrogen-bond acceptors (Lipinski definition) is 6. The zero-order chi connectivity index (χ0) is 16.4. The first-order valence-corrected chi connectivity index (χ1v) is 8.46. The Morgan fingerprint density at radius 2 is 2.23 bits per heavy atom. The lowest BCUT2D eigenvalue weighted by Gasteiger charge is -2.13. The average Bonchev–Trinajstić information content (AvgIpc) is 2.77. The fraction of sp³-hybridized carbons (Fsp3) is 0.400. The summed E-state index contributed by atoms with van der Waals surface area (Å²) in [6.07, 6.45) is 1.65. The molecule has 0 unspecified atom stereocenters. The van der Waals surface area contributed by atoms with E-state index in [-0.39, 0.29) is 11.5 Å². The van der Waals surface area contributed by atoms with Gasteiger partial charge < -0.3 is 4.74 Å². The highest BCUT2D eigenvalue weighted by Crippen LogP contribution is 2.29. The minimum atomic E-state index is -0.437. The monoisotopic (exact) mass is 338 g/mol. The molecule has 0 aromatic carbocycles. The second kappa shape index (κ2) is 6.66. The molecule has 0 radical (unpaired) electrons. The minimum Gasteiger partial charge on any atom is -0.468 e. The fourth-order valence-electron chi connectivity index (χ4n) is 2.06. The topological polar surface area (TPSA) is 61.2 Å². The van der Waals surface area contributed by atoms with Crippen LogP contribution in [-0.4, -0.2) is 27.9 Å². The van der Waals surface area contributed by atoms with Gasteiger partial charge in [0.15, 0.2) is 5.16 Å². The van der Waals surface area contributed by atoms with E-state index in [0.29, 0.717) is 21.9 Å². The van der Waals surface area contributed by atoms with E-state index in [9.17, 15) is 9.59 Å². The van der Waals surface area contributed by atoms with Gasteiger partial charge in [0.25, 0.3) is 5.56 Å². The van der Waals surface area contributed by atoms with Crippen molar-refractivity contribution in [3.63, 3.8) is 0 Å². The Labute approximate surface area is 137 Å². The van der Waals surface area contributed by atoms with E-state index in [1.807, 2.05) is 13.8 Å².